The van der Waals surface area contributed by atoms with E-state index in [1.54, 1.807) is 0 Å². The van der Waals surface area contributed by atoms with E-state index in [4.69, 9.17) is 9.47 Å². The molecule has 2 fully saturated rings. The molecular weight excluding hydrogens is 471 g/mol. The summed E-state index contributed by atoms with van der Waals surface area (Å²) in [5.74, 6) is -2.27. The minimum atomic E-state index is -4.73. The highest BCUT2D eigenvalue weighted by atomic mass is 19.4. The van der Waals surface area contributed by atoms with E-state index >= 15 is 0 Å². The molecule has 1 aliphatic heterocycles. The van der Waals surface area contributed by atoms with Crippen LogP contribution in [-0.2, 0) is 19.1 Å². The molecule has 1 aromatic carbocycles. The fraction of sp³-hybridized carbons (Fsp3) is 0.565. The van der Waals surface area contributed by atoms with Crippen LogP contribution in [0.5, 0.6) is 5.75 Å². The third kappa shape index (κ3) is 6.04. The number of hydrogen-bond acceptors (Lipinski definition) is 6. The van der Waals surface area contributed by atoms with E-state index in [1.165, 1.54) is 31.4 Å². The van der Waals surface area contributed by atoms with E-state index in [2.05, 4.69) is 12.2 Å². The van der Waals surface area contributed by atoms with Crippen molar-refractivity contribution in [1.82, 2.24) is 10.2 Å². The monoisotopic (exact) mass is 499 g/mol. The molecule has 1 saturated carbocycles. The third-order valence-corrected chi connectivity index (χ3v) is 6.44. The number of imide groups is 1. The molecule has 192 valence electrons. The highest BCUT2D eigenvalue weighted by Crippen LogP contribution is 2.37. The number of methoxy groups -OCH3 is 1. The molecule has 0 bridgehead atoms. The summed E-state index contributed by atoms with van der Waals surface area (Å²) in [7, 11) is 1.24. The Bertz CT molecular complexity index is 975. The van der Waals surface area contributed by atoms with E-state index in [1.807, 2.05) is 0 Å². The maximum absolute atomic E-state index is 13.1. The van der Waals surface area contributed by atoms with Gasteiger partial charge in [0.05, 0.1) is 12.8 Å². The van der Waals surface area contributed by atoms with Gasteiger partial charge in [-0.2, -0.15) is 13.2 Å². The first-order valence-electron chi connectivity index (χ1n) is 11.3. The van der Waals surface area contributed by atoms with Crippen LogP contribution in [0.4, 0.5) is 23.7 Å². The average Bonchev–Trinajstić information content (AvgIpc) is 3.04. The standard InChI is InChI=1S/C23H28F3N3O6/c1-3-15-8-10-22(11-9-15)20(32)28(21(33)27-22)12-19(31)35-13-18(30)29(14-23(24,25)26)16-6-4-5-7-17(16)34-2/h4-7,15H,3,8-14H2,1-2H3,(H,27,33). The van der Waals surface area contributed by atoms with Crippen LogP contribution in [0.1, 0.15) is 39.0 Å². The Morgan fingerprint density at radius 1 is 1.20 bits per heavy atom. The lowest BCUT2D eigenvalue weighted by Crippen LogP contribution is -2.49. The van der Waals surface area contributed by atoms with Crippen LogP contribution in [0, 0.1) is 5.92 Å². The molecular formula is C23H28F3N3O6. The number of esters is 1. The second kappa shape index (κ2) is 10.5. The molecule has 1 aliphatic carbocycles. The van der Waals surface area contributed by atoms with Gasteiger partial charge >= 0.3 is 18.2 Å². The van der Waals surface area contributed by atoms with Gasteiger partial charge in [-0.3, -0.25) is 24.2 Å². The molecule has 2 aliphatic rings. The molecule has 35 heavy (non-hydrogen) atoms. The van der Waals surface area contributed by atoms with Gasteiger partial charge < -0.3 is 14.8 Å². The van der Waals surface area contributed by atoms with Crippen molar-refractivity contribution in [2.24, 2.45) is 5.92 Å². The Hall–Kier alpha value is -3.31. The van der Waals surface area contributed by atoms with Crippen molar-refractivity contribution < 1.29 is 41.8 Å². The summed E-state index contributed by atoms with van der Waals surface area (Å²) in [6, 6.07) is 4.88. The lowest BCUT2D eigenvalue weighted by molar-refractivity contribution is -0.151. The summed E-state index contributed by atoms with van der Waals surface area (Å²) >= 11 is 0. The smallest absolute Gasteiger partial charge is 0.406 e. The van der Waals surface area contributed by atoms with E-state index in [0.29, 0.717) is 23.7 Å². The van der Waals surface area contributed by atoms with Crippen LogP contribution in [0.25, 0.3) is 0 Å². The normalized spacial score (nSPS) is 22.2. The number of rotatable bonds is 8. The zero-order chi connectivity index (χ0) is 25.8. The van der Waals surface area contributed by atoms with Gasteiger partial charge in [0, 0.05) is 0 Å². The number of alkyl halides is 3. The van der Waals surface area contributed by atoms with Crippen molar-refractivity contribution in [2.75, 3.05) is 31.7 Å². The van der Waals surface area contributed by atoms with E-state index < -0.39 is 55.2 Å². The van der Waals surface area contributed by atoms with Crippen LogP contribution < -0.4 is 15.0 Å². The van der Waals surface area contributed by atoms with Crippen LogP contribution in [-0.4, -0.2) is 67.2 Å². The summed E-state index contributed by atoms with van der Waals surface area (Å²) in [5.41, 5.74) is -1.20. The number of ether oxygens (including phenoxy) is 2. The van der Waals surface area contributed by atoms with Crippen molar-refractivity contribution in [3.63, 3.8) is 0 Å². The van der Waals surface area contributed by atoms with Crippen molar-refractivity contribution in [3.05, 3.63) is 24.3 Å². The SMILES string of the molecule is CCC1CCC2(CC1)NC(=O)N(CC(=O)OCC(=O)N(CC(F)(F)F)c1ccccc1OC)C2=O. The summed E-state index contributed by atoms with van der Waals surface area (Å²) in [6.45, 7) is -1.33. The Labute approximate surface area is 200 Å². The topological polar surface area (TPSA) is 105 Å². The minimum Gasteiger partial charge on any atom is -0.495 e. The van der Waals surface area contributed by atoms with E-state index in [0.717, 1.165) is 24.2 Å². The van der Waals surface area contributed by atoms with Gasteiger partial charge in [-0.25, -0.2) is 4.79 Å². The maximum Gasteiger partial charge on any atom is 0.406 e. The summed E-state index contributed by atoms with van der Waals surface area (Å²) in [5, 5.41) is 2.68. The van der Waals surface area contributed by atoms with Crippen LogP contribution in [0.3, 0.4) is 0 Å². The Balaban J connectivity index is 1.63. The molecule has 12 heteroatoms. The first-order valence-corrected chi connectivity index (χ1v) is 11.3. The number of nitrogens with one attached hydrogen (secondary N) is 1. The highest BCUT2D eigenvalue weighted by molar-refractivity contribution is 6.08. The second-order valence-corrected chi connectivity index (χ2v) is 8.68. The fourth-order valence-electron chi connectivity index (χ4n) is 4.47. The quantitative estimate of drug-likeness (QED) is 0.436. The molecule has 0 radical (unpaired) electrons. The molecule has 1 saturated heterocycles. The zero-order valence-electron chi connectivity index (χ0n) is 19.5. The van der Waals surface area contributed by atoms with Gasteiger partial charge in [0.2, 0.25) is 0 Å². The molecule has 0 aromatic heterocycles. The number of urea groups is 1. The van der Waals surface area contributed by atoms with Gasteiger partial charge in [0.25, 0.3) is 11.8 Å². The van der Waals surface area contributed by atoms with Crippen molar-refractivity contribution in [1.29, 1.82) is 0 Å². The Morgan fingerprint density at radius 2 is 1.86 bits per heavy atom. The van der Waals surface area contributed by atoms with E-state index in [-0.39, 0.29) is 11.4 Å². The molecule has 1 aromatic rings. The number of nitrogens with zero attached hydrogens (tertiary/aromatic N) is 2. The molecule has 1 heterocycles. The van der Waals surface area contributed by atoms with Crippen molar-refractivity contribution >= 4 is 29.5 Å². The molecule has 4 amide bonds. The summed E-state index contributed by atoms with van der Waals surface area (Å²) < 4.78 is 49.3. The van der Waals surface area contributed by atoms with Gasteiger partial charge in [-0.1, -0.05) is 25.5 Å². The molecule has 3 rings (SSSR count). The van der Waals surface area contributed by atoms with Gasteiger partial charge in [0.15, 0.2) is 6.61 Å². The van der Waals surface area contributed by atoms with Crippen molar-refractivity contribution in [3.8, 4) is 5.75 Å². The first kappa shape index (κ1) is 26.3. The van der Waals surface area contributed by atoms with Crippen LogP contribution in [0.2, 0.25) is 0 Å². The molecule has 1 spiro atoms. The maximum atomic E-state index is 13.1. The highest BCUT2D eigenvalue weighted by Gasteiger charge is 2.52. The number of hydrogen-bond donors (Lipinski definition) is 1. The number of halogens is 3. The van der Waals surface area contributed by atoms with Crippen molar-refractivity contribution in [2.45, 2.75) is 50.7 Å². The molecule has 0 unspecified atom stereocenters. The Kier molecular flexibility index (Phi) is 7.91. The predicted octanol–water partition coefficient (Wildman–Crippen LogP) is 3.02. The van der Waals surface area contributed by atoms with Crippen LogP contribution in [0.15, 0.2) is 24.3 Å². The number of para-hydroxylation sites is 2. The van der Waals surface area contributed by atoms with Gasteiger partial charge in [0.1, 0.15) is 24.4 Å². The number of anilines is 1. The number of carbonyl (C=O) groups is 4. The molecule has 9 nitrogen and oxygen atoms in total. The minimum absolute atomic E-state index is 0.0267. The van der Waals surface area contributed by atoms with E-state index in [9.17, 15) is 32.3 Å². The second-order valence-electron chi connectivity index (χ2n) is 8.68. The first-order chi connectivity index (χ1) is 16.5. The average molecular weight is 499 g/mol. The number of carbonyl (C=O) groups excluding carboxylic acids is 4. The lowest BCUT2D eigenvalue weighted by Gasteiger charge is -2.34. The fourth-order valence-corrected chi connectivity index (χ4v) is 4.47. The summed E-state index contributed by atoms with van der Waals surface area (Å²) in [6.07, 6.45) is -1.29. The third-order valence-electron chi connectivity index (χ3n) is 6.44. The number of amides is 4. The number of benzene rings is 1. The lowest BCUT2D eigenvalue weighted by atomic mass is 9.75. The van der Waals surface area contributed by atoms with Gasteiger partial charge in [-0.15, -0.1) is 0 Å². The largest absolute Gasteiger partial charge is 0.495 e. The predicted molar refractivity (Wildman–Crippen MR) is 118 cm³/mol. The molecule has 1 N–H and O–H groups in total. The van der Waals surface area contributed by atoms with Crippen LogP contribution >= 0.6 is 0 Å². The zero-order valence-corrected chi connectivity index (χ0v) is 19.5. The molecule has 0 atom stereocenters. The Morgan fingerprint density at radius 3 is 2.46 bits per heavy atom. The summed E-state index contributed by atoms with van der Waals surface area (Å²) in [4.78, 5) is 51.3. The van der Waals surface area contributed by atoms with Gasteiger partial charge in [-0.05, 0) is 43.7 Å².